The van der Waals surface area contributed by atoms with Gasteiger partial charge in [0.2, 0.25) is 0 Å². The van der Waals surface area contributed by atoms with E-state index in [4.69, 9.17) is 0 Å². The van der Waals surface area contributed by atoms with Crippen LogP contribution in [0.15, 0.2) is 36.5 Å². The molecule has 7 heteroatoms. The summed E-state index contributed by atoms with van der Waals surface area (Å²) in [5.74, 6) is -1.54. The zero-order chi connectivity index (χ0) is 14.5. The number of halogens is 2. The Morgan fingerprint density at radius 2 is 1.90 bits per heavy atom. The highest BCUT2D eigenvalue weighted by Crippen LogP contribution is 2.19. The molecule has 0 radical (unpaired) electrons. The third-order valence-corrected chi connectivity index (χ3v) is 2.39. The van der Waals surface area contributed by atoms with E-state index in [1.807, 2.05) is 0 Å². The van der Waals surface area contributed by atoms with Gasteiger partial charge in [-0.2, -0.15) is 0 Å². The van der Waals surface area contributed by atoms with E-state index in [9.17, 15) is 13.6 Å². The Morgan fingerprint density at radius 1 is 1.15 bits per heavy atom. The van der Waals surface area contributed by atoms with Crippen LogP contribution in [0.4, 0.5) is 30.8 Å². The molecule has 104 valence electrons. The first-order chi connectivity index (χ1) is 9.58. The van der Waals surface area contributed by atoms with E-state index in [-0.39, 0.29) is 0 Å². The van der Waals surface area contributed by atoms with Crippen LogP contribution in [0.2, 0.25) is 0 Å². The molecule has 20 heavy (non-hydrogen) atoms. The van der Waals surface area contributed by atoms with E-state index >= 15 is 0 Å². The standard InChI is InChI=1S/C13H11F2N3O2/c1-20-13(19)18-12-5-3-9(7-16-12)17-8-2-4-10(14)11(15)6-8/h2-7,17H,1H3,(H,16,18,19). The Morgan fingerprint density at radius 3 is 2.50 bits per heavy atom. The number of nitrogens with zero attached hydrogens (tertiary/aromatic N) is 1. The van der Waals surface area contributed by atoms with E-state index < -0.39 is 17.7 Å². The fraction of sp³-hybridized carbons (Fsp3) is 0.0769. The van der Waals surface area contributed by atoms with Crippen molar-refractivity contribution < 1.29 is 18.3 Å². The van der Waals surface area contributed by atoms with E-state index in [1.165, 1.54) is 19.4 Å². The molecule has 0 bridgehead atoms. The van der Waals surface area contributed by atoms with Crippen LogP contribution in [-0.2, 0) is 4.74 Å². The summed E-state index contributed by atoms with van der Waals surface area (Å²) < 4.78 is 30.2. The third-order valence-electron chi connectivity index (χ3n) is 2.39. The van der Waals surface area contributed by atoms with Crippen molar-refractivity contribution in [3.05, 3.63) is 48.2 Å². The number of amides is 1. The van der Waals surface area contributed by atoms with Gasteiger partial charge in [-0.15, -0.1) is 0 Å². The molecular formula is C13H11F2N3O2. The number of methoxy groups -OCH3 is 1. The second-order valence-electron chi connectivity index (χ2n) is 3.80. The quantitative estimate of drug-likeness (QED) is 0.905. The zero-order valence-electron chi connectivity index (χ0n) is 10.5. The second-order valence-corrected chi connectivity index (χ2v) is 3.80. The SMILES string of the molecule is COC(=O)Nc1ccc(Nc2ccc(F)c(F)c2)cn1. The lowest BCUT2D eigenvalue weighted by Crippen LogP contribution is -2.11. The predicted octanol–water partition coefficient (Wildman–Crippen LogP) is 3.28. The lowest BCUT2D eigenvalue weighted by atomic mass is 10.3. The number of ether oxygens (including phenoxy) is 1. The van der Waals surface area contributed by atoms with Gasteiger partial charge in [-0.25, -0.2) is 18.6 Å². The van der Waals surface area contributed by atoms with Crippen LogP contribution >= 0.6 is 0 Å². The topological polar surface area (TPSA) is 63.2 Å². The number of carbonyl (C=O) groups is 1. The molecule has 0 aliphatic rings. The Balaban J connectivity index is 2.06. The highest BCUT2D eigenvalue weighted by Gasteiger charge is 2.04. The molecule has 1 heterocycles. The summed E-state index contributed by atoms with van der Waals surface area (Å²) in [4.78, 5) is 14.9. The van der Waals surface area contributed by atoms with Crippen LogP contribution < -0.4 is 10.6 Å². The van der Waals surface area contributed by atoms with Crippen LogP contribution in [0, 0.1) is 11.6 Å². The fourth-order valence-corrected chi connectivity index (χ4v) is 1.44. The number of aromatic nitrogens is 1. The van der Waals surface area contributed by atoms with Gasteiger partial charge >= 0.3 is 6.09 Å². The van der Waals surface area contributed by atoms with Crippen molar-refractivity contribution in [1.82, 2.24) is 4.98 Å². The molecule has 0 fully saturated rings. The molecule has 1 aromatic heterocycles. The van der Waals surface area contributed by atoms with Crippen molar-refractivity contribution in [1.29, 1.82) is 0 Å². The van der Waals surface area contributed by atoms with Crippen LogP contribution in [0.5, 0.6) is 0 Å². The Bertz CT molecular complexity index is 618. The summed E-state index contributed by atoms with van der Waals surface area (Å²) in [5, 5.41) is 5.24. The first-order valence-corrected chi connectivity index (χ1v) is 5.61. The maximum absolute atomic E-state index is 13.0. The minimum Gasteiger partial charge on any atom is -0.453 e. The summed E-state index contributed by atoms with van der Waals surface area (Å²) in [6, 6.07) is 6.63. The first-order valence-electron chi connectivity index (χ1n) is 5.61. The molecule has 1 amide bonds. The highest BCUT2D eigenvalue weighted by molar-refractivity contribution is 5.83. The molecular weight excluding hydrogens is 268 g/mol. The third kappa shape index (κ3) is 3.41. The molecule has 2 aromatic rings. The summed E-state index contributed by atoms with van der Waals surface area (Å²) in [7, 11) is 1.24. The molecule has 2 N–H and O–H groups in total. The second kappa shape index (κ2) is 5.96. The number of nitrogens with one attached hydrogen (secondary N) is 2. The molecule has 0 atom stereocenters. The van der Waals surface area contributed by atoms with Gasteiger partial charge in [0.1, 0.15) is 5.82 Å². The van der Waals surface area contributed by atoms with Crippen molar-refractivity contribution in [3.8, 4) is 0 Å². The lowest BCUT2D eigenvalue weighted by molar-refractivity contribution is 0.187. The number of anilines is 3. The van der Waals surface area contributed by atoms with Gasteiger partial charge in [0.25, 0.3) is 0 Å². The molecule has 2 rings (SSSR count). The molecule has 0 unspecified atom stereocenters. The van der Waals surface area contributed by atoms with Crippen molar-refractivity contribution in [2.75, 3.05) is 17.7 Å². The first kappa shape index (κ1) is 13.7. The van der Waals surface area contributed by atoms with Gasteiger partial charge in [-0.05, 0) is 24.3 Å². The van der Waals surface area contributed by atoms with Gasteiger partial charge in [0, 0.05) is 11.8 Å². The Labute approximate surface area is 113 Å². The van der Waals surface area contributed by atoms with Crippen molar-refractivity contribution in [2.45, 2.75) is 0 Å². The summed E-state index contributed by atoms with van der Waals surface area (Å²) in [6.07, 6.45) is 0.811. The van der Waals surface area contributed by atoms with E-state index in [1.54, 1.807) is 12.1 Å². The molecule has 0 saturated carbocycles. The molecule has 0 saturated heterocycles. The van der Waals surface area contributed by atoms with Gasteiger partial charge < -0.3 is 10.1 Å². The lowest BCUT2D eigenvalue weighted by Gasteiger charge is -2.07. The number of benzene rings is 1. The molecule has 5 nitrogen and oxygen atoms in total. The van der Waals surface area contributed by atoms with Gasteiger partial charge in [0.15, 0.2) is 11.6 Å². The zero-order valence-corrected chi connectivity index (χ0v) is 10.5. The van der Waals surface area contributed by atoms with Crippen molar-refractivity contribution in [2.24, 2.45) is 0 Å². The Kier molecular flexibility index (Phi) is 4.09. The predicted molar refractivity (Wildman–Crippen MR) is 69.9 cm³/mol. The van der Waals surface area contributed by atoms with Gasteiger partial charge in [-0.1, -0.05) is 0 Å². The molecule has 0 aliphatic carbocycles. The maximum atomic E-state index is 13.0. The molecule has 0 aliphatic heterocycles. The van der Waals surface area contributed by atoms with Gasteiger partial charge in [0.05, 0.1) is 19.0 Å². The smallest absolute Gasteiger partial charge is 0.412 e. The van der Waals surface area contributed by atoms with Gasteiger partial charge in [-0.3, -0.25) is 5.32 Å². The number of hydrogen-bond acceptors (Lipinski definition) is 4. The largest absolute Gasteiger partial charge is 0.453 e. The minimum atomic E-state index is -0.938. The van der Waals surface area contributed by atoms with Crippen LogP contribution in [0.25, 0.3) is 0 Å². The maximum Gasteiger partial charge on any atom is 0.412 e. The average molecular weight is 279 g/mol. The van der Waals surface area contributed by atoms with Crippen molar-refractivity contribution in [3.63, 3.8) is 0 Å². The van der Waals surface area contributed by atoms with E-state index in [0.717, 1.165) is 12.1 Å². The summed E-state index contributed by atoms with van der Waals surface area (Å²) >= 11 is 0. The normalized spacial score (nSPS) is 9.95. The van der Waals surface area contributed by atoms with Crippen LogP contribution in [0.1, 0.15) is 0 Å². The highest BCUT2D eigenvalue weighted by atomic mass is 19.2. The monoisotopic (exact) mass is 279 g/mol. The fourth-order valence-electron chi connectivity index (χ4n) is 1.44. The molecule has 1 aromatic carbocycles. The summed E-state index contributed by atoms with van der Waals surface area (Å²) in [5.41, 5.74) is 0.950. The van der Waals surface area contributed by atoms with Crippen LogP contribution in [0.3, 0.4) is 0 Å². The number of hydrogen-bond donors (Lipinski definition) is 2. The minimum absolute atomic E-state index is 0.313. The summed E-state index contributed by atoms with van der Waals surface area (Å²) in [6.45, 7) is 0. The number of rotatable bonds is 3. The number of carbonyl (C=O) groups excluding carboxylic acids is 1. The Hall–Kier alpha value is -2.70. The van der Waals surface area contributed by atoms with Crippen LogP contribution in [-0.4, -0.2) is 18.2 Å². The molecule has 0 spiro atoms. The van der Waals surface area contributed by atoms with Crippen molar-refractivity contribution >= 4 is 23.3 Å². The van der Waals surface area contributed by atoms with E-state index in [2.05, 4.69) is 20.4 Å². The number of pyridine rings is 1. The average Bonchev–Trinajstić information content (AvgIpc) is 2.45. The van der Waals surface area contributed by atoms with E-state index in [0.29, 0.717) is 17.2 Å².